The minimum atomic E-state index is -2.84. The summed E-state index contributed by atoms with van der Waals surface area (Å²) in [6.45, 7) is 6.89. The summed E-state index contributed by atoms with van der Waals surface area (Å²) in [4.78, 5) is 21.9. The van der Waals surface area contributed by atoms with Crippen LogP contribution in [0.3, 0.4) is 0 Å². The van der Waals surface area contributed by atoms with Gasteiger partial charge in [0.2, 0.25) is 0 Å². The Hall–Kier alpha value is -1.36. The first-order chi connectivity index (χ1) is 9.89. The highest BCUT2D eigenvalue weighted by molar-refractivity contribution is 6.60. The van der Waals surface area contributed by atoms with E-state index in [4.69, 9.17) is 24.7 Å². The number of primary amides is 2. The Labute approximate surface area is 126 Å². The Kier molecular flexibility index (Phi) is 9.70. The molecule has 4 amide bonds. The van der Waals surface area contributed by atoms with Crippen LogP contribution in [-0.2, 0) is 13.3 Å². The standard InChI is InChI=1S/C11H26N4O5Si/c1-4-18-21(19-5-2,20-6-3)8-7-9(14-10(12)16)15-11(13)17/h9H,4-8H2,1-3H3,(H3,12,14,16)(H3,13,15,17). The third-order valence-corrected chi connectivity index (χ3v) is 5.55. The molecule has 0 aromatic heterocycles. The molecular formula is C11H26N4O5Si. The van der Waals surface area contributed by atoms with E-state index in [1.807, 2.05) is 20.8 Å². The molecule has 0 aliphatic carbocycles. The third kappa shape index (κ3) is 8.50. The van der Waals surface area contributed by atoms with E-state index in [-0.39, 0.29) is 0 Å². The fourth-order valence-electron chi connectivity index (χ4n) is 1.85. The molecule has 0 bridgehead atoms. The summed E-state index contributed by atoms with van der Waals surface area (Å²) in [7, 11) is -2.84. The van der Waals surface area contributed by atoms with Gasteiger partial charge in [0.25, 0.3) is 0 Å². The van der Waals surface area contributed by atoms with E-state index in [2.05, 4.69) is 10.6 Å². The molecule has 0 rings (SSSR count). The van der Waals surface area contributed by atoms with Gasteiger partial charge in [-0.05, 0) is 27.2 Å². The molecule has 0 aliphatic rings. The molecule has 0 aromatic rings. The molecule has 9 nitrogen and oxygen atoms in total. The summed E-state index contributed by atoms with van der Waals surface area (Å²) in [6.07, 6.45) is -0.369. The van der Waals surface area contributed by atoms with Crippen LogP contribution in [0, 0.1) is 0 Å². The molecule has 0 atom stereocenters. The van der Waals surface area contributed by atoms with E-state index in [1.165, 1.54) is 0 Å². The highest BCUT2D eigenvalue weighted by Gasteiger charge is 2.40. The van der Waals surface area contributed by atoms with Crippen molar-refractivity contribution in [1.29, 1.82) is 0 Å². The highest BCUT2D eigenvalue weighted by atomic mass is 28.4. The van der Waals surface area contributed by atoms with Crippen molar-refractivity contribution in [3.63, 3.8) is 0 Å². The number of carbonyl (C=O) groups is 2. The summed E-state index contributed by atoms with van der Waals surface area (Å²) >= 11 is 0. The summed E-state index contributed by atoms with van der Waals surface area (Å²) in [6, 6.07) is -1.11. The van der Waals surface area contributed by atoms with Gasteiger partial charge in [0.15, 0.2) is 0 Å². The lowest BCUT2D eigenvalue weighted by atomic mass is 10.4. The van der Waals surface area contributed by atoms with E-state index < -0.39 is 27.0 Å². The van der Waals surface area contributed by atoms with Crippen LogP contribution in [0.5, 0.6) is 0 Å². The molecule has 0 saturated heterocycles. The Morgan fingerprint density at radius 3 is 1.62 bits per heavy atom. The van der Waals surface area contributed by atoms with Crippen molar-refractivity contribution in [1.82, 2.24) is 10.6 Å². The van der Waals surface area contributed by atoms with E-state index in [0.29, 0.717) is 32.3 Å². The normalized spacial score (nSPS) is 11.4. The topological polar surface area (TPSA) is 138 Å². The second-order valence-electron chi connectivity index (χ2n) is 4.09. The largest absolute Gasteiger partial charge is 0.501 e. The molecule has 10 heteroatoms. The molecule has 124 valence electrons. The van der Waals surface area contributed by atoms with Gasteiger partial charge in [0.1, 0.15) is 6.17 Å². The van der Waals surface area contributed by atoms with Crippen LogP contribution >= 0.6 is 0 Å². The predicted octanol–water partition coefficient (Wildman–Crippen LogP) is 0.0876. The minimum Gasteiger partial charge on any atom is -0.374 e. The van der Waals surface area contributed by atoms with Gasteiger partial charge in [-0.2, -0.15) is 0 Å². The number of nitrogens with one attached hydrogen (secondary N) is 2. The van der Waals surface area contributed by atoms with E-state index in [0.717, 1.165) is 0 Å². The first-order valence-electron chi connectivity index (χ1n) is 6.92. The van der Waals surface area contributed by atoms with Gasteiger partial charge in [-0.15, -0.1) is 0 Å². The monoisotopic (exact) mass is 322 g/mol. The van der Waals surface area contributed by atoms with Gasteiger partial charge < -0.3 is 35.4 Å². The van der Waals surface area contributed by atoms with Crippen LogP contribution in [0.4, 0.5) is 9.59 Å². The van der Waals surface area contributed by atoms with Crippen molar-refractivity contribution in [3.8, 4) is 0 Å². The molecule has 6 N–H and O–H groups in total. The highest BCUT2D eigenvalue weighted by Crippen LogP contribution is 2.19. The molecule has 0 unspecified atom stereocenters. The second kappa shape index (κ2) is 10.4. The van der Waals surface area contributed by atoms with Gasteiger partial charge in [-0.3, -0.25) is 0 Å². The van der Waals surface area contributed by atoms with Gasteiger partial charge >= 0.3 is 20.9 Å². The average molecular weight is 322 g/mol. The van der Waals surface area contributed by atoms with Crippen LogP contribution in [0.15, 0.2) is 0 Å². The molecule has 0 heterocycles. The van der Waals surface area contributed by atoms with Crippen molar-refractivity contribution >= 4 is 20.9 Å². The summed E-state index contributed by atoms with van der Waals surface area (Å²) in [5.74, 6) is 0. The predicted molar refractivity (Wildman–Crippen MR) is 79.3 cm³/mol. The minimum absolute atomic E-state index is 0.331. The van der Waals surface area contributed by atoms with Crippen LogP contribution in [0.2, 0.25) is 6.04 Å². The number of amides is 4. The first kappa shape index (κ1) is 19.6. The van der Waals surface area contributed by atoms with Crippen LogP contribution in [0.1, 0.15) is 27.2 Å². The number of hydrogen-bond acceptors (Lipinski definition) is 5. The maximum Gasteiger partial charge on any atom is 0.501 e. The lowest BCUT2D eigenvalue weighted by molar-refractivity contribution is 0.0698. The lowest BCUT2D eigenvalue weighted by Crippen LogP contribution is -2.53. The Bertz CT molecular complexity index is 299. The van der Waals surface area contributed by atoms with E-state index >= 15 is 0 Å². The maximum atomic E-state index is 10.9. The second-order valence-corrected chi connectivity index (χ2v) is 6.82. The number of carbonyl (C=O) groups excluding carboxylic acids is 2. The molecule has 0 spiro atoms. The van der Waals surface area contributed by atoms with Crippen molar-refractivity contribution in [2.24, 2.45) is 11.5 Å². The van der Waals surface area contributed by atoms with Crippen molar-refractivity contribution < 1.29 is 22.9 Å². The first-order valence-corrected chi connectivity index (χ1v) is 8.86. The number of hydrogen-bond donors (Lipinski definition) is 4. The molecule has 0 fully saturated rings. The zero-order chi connectivity index (χ0) is 16.3. The number of nitrogens with two attached hydrogens (primary N) is 2. The van der Waals surface area contributed by atoms with Crippen molar-refractivity contribution in [3.05, 3.63) is 0 Å². The third-order valence-electron chi connectivity index (χ3n) is 2.46. The van der Waals surface area contributed by atoms with Gasteiger partial charge in [0.05, 0.1) is 0 Å². The van der Waals surface area contributed by atoms with Crippen molar-refractivity contribution in [2.45, 2.75) is 39.4 Å². The van der Waals surface area contributed by atoms with Crippen LogP contribution in [0.25, 0.3) is 0 Å². The summed E-state index contributed by atoms with van der Waals surface area (Å²) < 4.78 is 17.0. The van der Waals surface area contributed by atoms with Gasteiger partial charge in [0, 0.05) is 25.9 Å². The molecule has 0 radical (unpaired) electrons. The fraction of sp³-hybridized carbons (Fsp3) is 0.818. The van der Waals surface area contributed by atoms with E-state index in [1.54, 1.807) is 0 Å². The van der Waals surface area contributed by atoms with Crippen molar-refractivity contribution in [2.75, 3.05) is 19.8 Å². The quantitative estimate of drug-likeness (QED) is 0.315. The zero-order valence-corrected chi connectivity index (χ0v) is 13.8. The Morgan fingerprint density at radius 1 is 0.952 bits per heavy atom. The molecule has 21 heavy (non-hydrogen) atoms. The lowest BCUT2D eigenvalue weighted by Gasteiger charge is -2.30. The maximum absolute atomic E-state index is 10.9. The van der Waals surface area contributed by atoms with E-state index in [9.17, 15) is 9.59 Å². The Balaban J connectivity index is 4.77. The zero-order valence-electron chi connectivity index (χ0n) is 12.8. The van der Waals surface area contributed by atoms with Gasteiger partial charge in [-0.1, -0.05) is 0 Å². The summed E-state index contributed by atoms with van der Waals surface area (Å²) in [5.41, 5.74) is 10.1. The van der Waals surface area contributed by atoms with Gasteiger partial charge in [-0.25, -0.2) is 9.59 Å². The number of rotatable bonds is 11. The smallest absolute Gasteiger partial charge is 0.374 e. The Morgan fingerprint density at radius 2 is 1.33 bits per heavy atom. The molecular weight excluding hydrogens is 296 g/mol. The summed E-state index contributed by atoms with van der Waals surface area (Å²) in [5, 5.41) is 4.79. The fourth-order valence-corrected chi connectivity index (χ4v) is 4.49. The molecule has 0 saturated carbocycles. The average Bonchev–Trinajstić information content (AvgIpc) is 2.35. The molecule has 0 aliphatic heterocycles. The van der Waals surface area contributed by atoms with Crippen LogP contribution in [-0.4, -0.2) is 46.9 Å². The molecule has 0 aromatic carbocycles. The SMILES string of the molecule is CCO[Si](CCC(NC(N)=O)NC(N)=O)(OCC)OCC. The van der Waals surface area contributed by atoms with Crippen LogP contribution < -0.4 is 22.1 Å². The number of urea groups is 2.